The number of pyridine rings is 1. The predicted octanol–water partition coefficient (Wildman–Crippen LogP) is -0.648. The molecular weight excluding hydrogens is 206 g/mol. The number of primary amides is 1. The highest BCUT2D eigenvalue weighted by Crippen LogP contribution is 2.18. The van der Waals surface area contributed by atoms with E-state index in [9.17, 15) is 9.59 Å². The number of carbonyl (C=O) groups excluding carboxylic acids is 2. The van der Waals surface area contributed by atoms with E-state index in [1.807, 2.05) is 0 Å². The molecule has 0 aliphatic heterocycles. The van der Waals surface area contributed by atoms with E-state index < -0.39 is 5.91 Å². The summed E-state index contributed by atoms with van der Waals surface area (Å²) in [7, 11) is 0. The standard InChI is InChI=1S/C11H13N3O2/c12-11(16)8-2-1-5-14(6-8)7-10(15)13-9-3-4-9/h1-2,5-6,9H,3-4,7H2,(H2-,12,13,15,16)/p+1. The summed E-state index contributed by atoms with van der Waals surface area (Å²) in [6.45, 7) is 0.220. The minimum atomic E-state index is -0.489. The summed E-state index contributed by atoms with van der Waals surface area (Å²) in [5.74, 6) is -0.522. The number of carbonyl (C=O) groups is 2. The fourth-order valence-corrected chi connectivity index (χ4v) is 1.43. The van der Waals surface area contributed by atoms with Crippen LogP contribution in [0.4, 0.5) is 0 Å². The number of nitrogens with one attached hydrogen (secondary N) is 1. The molecule has 3 N–H and O–H groups in total. The molecule has 0 spiro atoms. The lowest BCUT2D eigenvalue weighted by atomic mass is 10.3. The van der Waals surface area contributed by atoms with Gasteiger partial charge in [0.25, 0.3) is 11.8 Å². The first-order chi connectivity index (χ1) is 7.65. The molecule has 1 saturated carbocycles. The van der Waals surface area contributed by atoms with Gasteiger partial charge in [0.05, 0.1) is 0 Å². The second kappa shape index (κ2) is 4.30. The molecule has 0 aromatic carbocycles. The van der Waals surface area contributed by atoms with Crippen LogP contribution in [0.2, 0.25) is 0 Å². The first kappa shape index (κ1) is 10.6. The van der Waals surface area contributed by atoms with Gasteiger partial charge in [-0.25, -0.2) is 0 Å². The Morgan fingerprint density at radius 2 is 2.25 bits per heavy atom. The smallest absolute Gasteiger partial charge is 0.286 e. The fourth-order valence-electron chi connectivity index (χ4n) is 1.43. The van der Waals surface area contributed by atoms with Crippen LogP contribution in [0.5, 0.6) is 0 Å². The summed E-state index contributed by atoms with van der Waals surface area (Å²) in [5.41, 5.74) is 5.56. The number of hydrogen-bond donors (Lipinski definition) is 2. The Hall–Kier alpha value is -1.91. The van der Waals surface area contributed by atoms with Gasteiger partial charge in [0.2, 0.25) is 6.54 Å². The summed E-state index contributed by atoms with van der Waals surface area (Å²) in [6.07, 6.45) is 5.45. The molecule has 0 radical (unpaired) electrons. The highest BCUT2D eigenvalue weighted by atomic mass is 16.2. The van der Waals surface area contributed by atoms with Gasteiger partial charge in [-0.15, -0.1) is 0 Å². The molecule has 0 bridgehead atoms. The lowest BCUT2D eigenvalue weighted by Gasteiger charge is -2.00. The normalized spacial score (nSPS) is 14.5. The number of amides is 2. The Morgan fingerprint density at radius 1 is 1.50 bits per heavy atom. The Morgan fingerprint density at radius 3 is 2.88 bits per heavy atom. The van der Waals surface area contributed by atoms with Crippen molar-refractivity contribution in [2.45, 2.75) is 25.4 Å². The molecule has 2 amide bonds. The number of rotatable bonds is 4. The number of nitrogens with two attached hydrogens (primary N) is 1. The summed E-state index contributed by atoms with van der Waals surface area (Å²) in [5, 5.41) is 2.88. The Bertz CT molecular complexity index is 427. The van der Waals surface area contributed by atoms with Crippen molar-refractivity contribution in [2.75, 3.05) is 0 Å². The van der Waals surface area contributed by atoms with Crippen LogP contribution in [0.3, 0.4) is 0 Å². The molecular formula is C11H14N3O2+. The number of aromatic nitrogens is 1. The zero-order valence-corrected chi connectivity index (χ0v) is 8.85. The molecule has 1 aromatic rings. The van der Waals surface area contributed by atoms with Gasteiger partial charge >= 0.3 is 0 Å². The Balaban J connectivity index is 1.99. The molecule has 1 aliphatic rings. The highest BCUT2D eigenvalue weighted by molar-refractivity contribution is 5.92. The predicted molar refractivity (Wildman–Crippen MR) is 56.3 cm³/mol. The molecule has 1 aromatic heterocycles. The Kier molecular flexibility index (Phi) is 2.85. The number of nitrogens with zero attached hydrogens (tertiary/aromatic N) is 1. The zero-order chi connectivity index (χ0) is 11.5. The quantitative estimate of drug-likeness (QED) is 0.662. The maximum absolute atomic E-state index is 11.5. The molecule has 16 heavy (non-hydrogen) atoms. The van der Waals surface area contributed by atoms with E-state index in [1.165, 1.54) is 0 Å². The molecule has 5 nitrogen and oxygen atoms in total. The van der Waals surface area contributed by atoms with E-state index in [4.69, 9.17) is 5.73 Å². The molecule has 1 heterocycles. The molecule has 84 valence electrons. The van der Waals surface area contributed by atoms with Crippen LogP contribution in [0.25, 0.3) is 0 Å². The zero-order valence-electron chi connectivity index (χ0n) is 8.85. The number of hydrogen-bond acceptors (Lipinski definition) is 2. The molecule has 1 aliphatic carbocycles. The molecule has 5 heteroatoms. The summed E-state index contributed by atoms with van der Waals surface area (Å²) in [4.78, 5) is 22.4. The van der Waals surface area contributed by atoms with Crippen molar-refractivity contribution in [1.82, 2.24) is 5.32 Å². The van der Waals surface area contributed by atoms with E-state index >= 15 is 0 Å². The van der Waals surface area contributed by atoms with Crippen LogP contribution < -0.4 is 15.6 Å². The average molecular weight is 220 g/mol. The largest absolute Gasteiger partial charge is 0.365 e. The Labute approximate surface area is 93.3 Å². The van der Waals surface area contributed by atoms with Gasteiger partial charge in [0.1, 0.15) is 5.56 Å². The van der Waals surface area contributed by atoms with E-state index in [2.05, 4.69) is 5.32 Å². The topological polar surface area (TPSA) is 76.1 Å². The van der Waals surface area contributed by atoms with Gasteiger partial charge in [-0.05, 0) is 18.9 Å². The molecule has 0 saturated heterocycles. The first-order valence-corrected chi connectivity index (χ1v) is 5.23. The van der Waals surface area contributed by atoms with Crippen LogP contribution in [0, 0.1) is 0 Å². The summed E-state index contributed by atoms with van der Waals surface area (Å²) in [6, 6.07) is 3.68. The lowest BCUT2D eigenvalue weighted by molar-refractivity contribution is -0.684. The molecule has 1 fully saturated rings. The van der Waals surface area contributed by atoms with Gasteiger partial charge in [0.15, 0.2) is 12.4 Å². The van der Waals surface area contributed by atoms with Crippen molar-refractivity contribution >= 4 is 11.8 Å². The van der Waals surface area contributed by atoms with Crippen molar-refractivity contribution in [2.24, 2.45) is 5.73 Å². The van der Waals surface area contributed by atoms with E-state index in [0.717, 1.165) is 12.8 Å². The van der Waals surface area contributed by atoms with Crippen molar-refractivity contribution in [3.05, 3.63) is 30.1 Å². The summed E-state index contributed by atoms with van der Waals surface area (Å²) < 4.78 is 1.65. The van der Waals surface area contributed by atoms with E-state index in [1.54, 1.807) is 29.1 Å². The van der Waals surface area contributed by atoms with Crippen molar-refractivity contribution in [3.8, 4) is 0 Å². The van der Waals surface area contributed by atoms with Gasteiger partial charge in [-0.3, -0.25) is 9.59 Å². The van der Waals surface area contributed by atoms with Crippen molar-refractivity contribution in [1.29, 1.82) is 0 Å². The average Bonchev–Trinajstić information content (AvgIpc) is 3.01. The highest BCUT2D eigenvalue weighted by Gasteiger charge is 2.24. The second-order valence-corrected chi connectivity index (χ2v) is 3.97. The molecule has 2 rings (SSSR count). The van der Waals surface area contributed by atoms with Gasteiger partial charge in [-0.2, -0.15) is 4.57 Å². The van der Waals surface area contributed by atoms with Gasteiger partial charge in [-0.1, -0.05) is 0 Å². The first-order valence-electron chi connectivity index (χ1n) is 5.23. The van der Waals surface area contributed by atoms with Crippen LogP contribution in [-0.4, -0.2) is 17.9 Å². The maximum atomic E-state index is 11.5. The molecule has 0 atom stereocenters. The lowest BCUT2D eigenvalue weighted by Crippen LogP contribution is -2.43. The van der Waals surface area contributed by atoms with Crippen LogP contribution >= 0.6 is 0 Å². The van der Waals surface area contributed by atoms with Crippen molar-refractivity contribution in [3.63, 3.8) is 0 Å². The third kappa shape index (κ3) is 2.79. The van der Waals surface area contributed by atoms with Crippen LogP contribution in [0.1, 0.15) is 23.2 Å². The fraction of sp³-hybridized carbons (Fsp3) is 0.364. The third-order valence-corrected chi connectivity index (χ3v) is 2.41. The minimum Gasteiger partial charge on any atom is -0.365 e. The van der Waals surface area contributed by atoms with Gasteiger partial charge < -0.3 is 11.1 Å². The van der Waals surface area contributed by atoms with E-state index in [-0.39, 0.29) is 12.5 Å². The molecule has 0 unspecified atom stereocenters. The summed E-state index contributed by atoms with van der Waals surface area (Å²) >= 11 is 0. The van der Waals surface area contributed by atoms with E-state index in [0.29, 0.717) is 11.6 Å². The third-order valence-electron chi connectivity index (χ3n) is 2.41. The maximum Gasteiger partial charge on any atom is 0.286 e. The SMILES string of the molecule is NC(=O)c1ccc[n+](CC(=O)NC2CC2)c1. The monoisotopic (exact) mass is 220 g/mol. The van der Waals surface area contributed by atoms with Gasteiger partial charge in [0, 0.05) is 12.1 Å². The minimum absolute atomic E-state index is 0.0332. The van der Waals surface area contributed by atoms with Crippen LogP contribution in [-0.2, 0) is 11.3 Å². The van der Waals surface area contributed by atoms with Crippen molar-refractivity contribution < 1.29 is 14.2 Å². The second-order valence-electron chi connectivity index (χ2n) is 3.97. The van der Waals surface area contributed by atoms with Crippen LogP contribution in [0.15, 0.2) is 24.5 Å².